The molecular formula is C17H27FN2. The van der Waals surface area contributed by atoms with Gasteiger partial charge in [-0.1, -0.05) is 32.9 Å². The van der Waals surface area contributed by atoms with E-state index in [2.05, 4.69) is 25.7 Å². The lowest BCUT2D eigenvalue weighted by atomic mass is 9.82. The number of nitrogens with two attached hydrogens (primary N) is 1. The third-order valence-electron chi connectivity index (χ3n) is 4.39. The van der Waals surface area contributed by atoms with Crippen LogP contribution in [0.5, 0.6) is 0 Å². The van der Waals surface area contributed by atoms with E-state index in [-0.39, 0.29) is 17.9 Å². The molecule has 112 valence electrons. The van der Waals surface area contributed by atoms with E-state index in [1.165, 1.54) is 18.9 Å². The molecule has 2 rings (SSSR count). The molecule has 1 fully saturated rings. The monoisotopic (exact) mass is 278 g/mol. The zero-order valence-corrected chi connectivity index (χ0v) is 12.9. The molecule has 0 aliphatic carbocycles. The number of benzene rings is 1. The van der Waals surface area contributed by atoms with Crippen molar-refractivity contribution in [3.05, 3.63) is 35.6 Å². The van der Waals surface area contributed by atoms with Gasteiger partial charge in [-0.3, -0.25) is 4.90 Å². The van der Waals surface area contributed by atoms with Crippen LogP contribution in [-0.4, -0.2) is 24.0 Å². The van der Waals surface area contributed by atoms with Crippen molar-refractivity contribution in [3.63, 3.8) is 0 Å². The highest BCUT2D eigenvalue weighted by Crippen LogP contribution is 2.35. The standard InChI is InChI=1S/C17H27FN2/c1-4-15(19)16(13-7-5-8-14(18)11-13)20-10-6-9-17(2,3)12-20/h5,7-8,11,15-16H,4,6,9-10,12,19H2,1-3H3. The molecule has 1 aliphatic heterocycles. The van der Waals surface area contributed by atoms with Crippen LogP contribution in [0.3, 0.4) is 0 Å². The first-order chi connectivity index (χ1) is 9.43. The van der Waals surface area contributed by atoms with Crippen LogP contribution in [0.15, 0.2) is 24.3 Å². The second-order valence-corrected chi connectivity index (χ2v) is 6.81. The smallest absolute Gasteiger partial charge is 0.123 e. The quantitative estimate of drug-likeness (QED) is 0.909. The first-order valence-corrected chi connectivity index (χ1v) is 7.68. The van der Waals surface area contributed by atoms with Crippen molar-refractivity contribution in [2.45, 2.75) is 52.1 Å². The van der Waals surface area contributed by atoms with E-state index in [4.69, 9.17) is 5.73 Å². The van der Waals surface area contributed by atoms with E-state index >= 15 is 0 Å². The van der Waals surface area contributed by atoms with Crippen LogP contribution in [0.1, 0.15) is 51.6 Å². The van der Waals surface area contributed by atoms with E-state index in [0.717, 1.165) is 25.1 Å². The number of piperidine rings is 1. The van der Waals surface area contributed by atoms with Crippen LogP contribution in [0, 0.1) is 11.2 Å². The Morgan fingerprint density at radius 3 is 2.75 bits per heavy atom. The summed E-state index contributed by atoms with van der Waals surface area (Å²) in [5, 5.41) is 0. The van der Waals surface area contributed by atoms with Crippen molar-refractivity contribution >= 4 is 0 Å². The summed E-state index contributed by atoms with van der Waals surface area (Å²) in [6.45, 7) is 8.80. The number of nitrogens with zero attached hydrogens (tertiary/aromatic N) is 1. The molecule has 20 heavy (non-hydrogen) atoms. The van der Waals surface area contributed by atoms with E-state index < -0.39 is 0 Å². The SMILES string of the molecule is CCC(N)C(c1cccc(F)c1)N1CCCC(C)(C)C1. The highest BCUT2D eigenvalue weighted by molar-refractivity contribution is 5.22. The second-order valence-electron chi connectivity index (χ2n) is 6.81. The Hall–Kier alpha value is -0.930. The van der Waals surface area contributed by atoms with Crippen LogP contribution in [-0.2, 0) is 0 Å². The zero-order chi connectivity index (χ0) is 14.8. The molecule has 1 saturated heterocycles. The highest BCUT2D eigenvalue weighted by atomic mass is 19.1. The third kappa shape index (κ3) is 3.58. The molecule has 1 heterocycles. The maximum atomic E-state index is 13.6. The molecule has 1 aromatic rings. The molecule has 3 heteroatoms. The number of halogens is 1. The summed E-state index contributed by atoms with van der Waals surface area (Å²) in [6, 6.07) is 7.10. The van der Waals surface area contributed by atoms with E-state index in [0.29, 0.717) is 5.41 Å². The molecule has 0 spiro atoms. The zero-order valence-electron chi connectivity index (χ0n) is 12.9. The highest BCUT2D eigenvalue weighted by Gasteiger charge is 2.33. The summed E-state index contributed by atoms with van der Waals surface area (Å²) in [4.78, 5) is 2.45. The predicted molar refractivity (Wildman–Crippen MR) is 82.0 cm³/mol. The van der Waals surface area contributed by atoms with Crippen molar-refractivity contribution in [1.29, 1.82) is 0 Å². The van der Waals surface area contributed by atoms with Crippen LogP contribution < -0.4 is 5.73 Å². The van der Waals surface area contributed by atoms with E-state index in [1.54, 1.807) is 12.1 Å². The molecule has 2 atom stereocenters. The molecule has 0 bridgehead atoms. The van der Waals surface area contributed by atoms with Gasteiger partial charge < -0.3 is 5.73 Å². The number of hydrogen-bond donors (Lipinski definition) is 1. The lowest BCUT2D eigenvalue weighted by molar-refractivity contribution is 0.0656. The Morgan fingerprint density at radius 2 is 2.15 bits per heavy atom. The van der Waals surface area contributed by atoms with Gasteiger partial charge in [0.05, 0.1) is 0 Å². The largest absolute Gasteiger partial charge is 0.326 e. The molecule has 1 aliphatic rings. The molecular weight excluding hydrogens is 251 g/mol. The minimum atomic E-state index is -0.174. The third-order valence-corrected chi connectivity index (χ3v) is 4.39. The van der Waals surface area contributed by atoms with Crippen LogP contribution in [0.2, 0.25) is 0 Å². The Bertz CT molecular complexity index is 444. The number of likely N-dealkylation sites (tertiary alicyclic amines) is 1. The maximum Gasteiger partial charge on any atom is 0.123 e. The number of hydrogen-bond acceptors (Lipinski definition) is 2. The molecule has 0 radical (unpaired) electrons. The van der Waals surface area contributed by atoms with Crippen LogP contribution >= 0.6 is 0 Å². The average molecular weight is 278 g/mol. The summed E-state index contributed by atoms with van der Waals surface area (Å²) in [6.07, 6.45) is 3.34. The summed E-state index contributed by atoms with van der Waals surface area (Å²) < 4.78 is 13.6. The molecule has 0 amide bonds. The average Bonchev–Trinajstić information content (AvgIpc) is 2.38. The summed E-state index contributed by atoms with van der Waals surface area (Å²) in [7, 11) is 0. The van der Waals surface area contributed by atoms with E-state index in [9.17, 15) is 4.39 Å². The first kappa shape index (κ1) is 15.5. The molecule has 0 saturated carbocycles. The maximum absolute atomic E-state index is 13.6. The lowest BCUT2D eigenvalue weighted by Gasteiger charge is -2.44. The molecule has 2 nitrogen and oxygen atoms in total. The van der Waals surface area contributed by atoms with Gasteiger partial charge >= 0.3 is 0 Å². The predicted octanol–water partition coefficient (Wildman–Crippen LogP) is 3.73. The number of rotatable bonds is 4. The van der Waals surface area contributed by atoms with Gasteiger partial charge in [0, 0.05) is 18.6 Å². The van der Waals surface area contributed by atoms with Crippen LogP contribution in [0.25, 0.3) is 0 Å². The van der Waals surface area contributed by atoms with Gasteiger partial charge in [0.25, 0.3) is 0 Å². The second kappa shape index (κ2) is 6.23. The fraction of sp³-hybridized carbons (Fsp3) is 0.647. The van der Waals surface area contributed by atoms with Gasteiger partial charge in [0.1, 0.15) is 5.82 Å². The fourth-order valence-corrected chi connectivity index (χ4v) is 3.35. The minimum absolute atomic E-state index is 0.0469. The molecule has 0 aromatic heterocycles. The Morgan fingerprint density at radius 1 is 1.40 bits per heavy atom. The van der Waals surface area contributed by atoms with Crippen molar-refractivity contribution in [2.75, 3.05) is 13.1 Å². The van der Waals surface area contributed by atoms with Gasteiger partial charge in [-0.25, -0.2) is 4.39 Å². The lowest BCUT2D eigenvalue weighted by Crippen LogP contribution is -2.47. The minimum Gasteiger partial charge on any atom is -0.326 e. The van der Waals surface area contributed by atoms with Crippen molar-refractivity contribution in [1.82, 2.24) is 4.90 Å². The van der Waals surface area contributed by atoms with Gasteiger partial charge in [-0.15, -0.1) is 0 Å². The molecule has 1 aromatic carbocycles. The van der Waals surface area contributed by atoms with Crippen molar-refractivity contribution < 1.29 is 4.39 Å². The molecule has 2 unspecified atom stereocenters. The summed E-state index contributed by atoms with van der Waals surface area (Å²) in [5.41, 5.74) is 7.68. The Labute approximate surface area is 122 Å². The van der Waals surface area contributed by atoms with E-state index in [1.807, 2.05) is 6.07 Å². The Kier molecular flexibility index (Phi) is 4.82. The van der Waals surface area contributed by atoms with Gasteiger partial charge in [-0.05, 0) is 48.9 Å². The van der Waals surface area contributed by atoms with Crippen molar-refractivity contribution in [3.8, 4) is 0 Å². The first-order valence-electron chi connectivity index (χ1n) is 7.68. The van der Waals surface area contributed by atoms with Crippen LogP contribution in [0.4, 0.5) is 4.39 Å². The summed E-state index contributed by atoms with van der Waals surface area (Å²) >= 11 is 0. The van der Waals surface area contributed by atoms with Gasteiger partial charge in [0.15, 0.2) is 0 Å². The normalized spacial score (nSPS) is 22.4. The van der Waals surface area contributed by atoms with Gasteiger partial charge in [0.2, 0.25) is 0 Å². The topological polar surface area (TPSA) is 29.3 Å². The Balaban J connectivity index is 2.28. The summed E-state index contributed by atoms with van der Waals surface area (Å²) in [5.74, 6) is -0.174. The van der Waals surface area contributed by atoms with Crippen molar-refractivity contribution in [2.24, 2.45) is 11.1 Å². The van der Waals surface area contributed by atoms with Gasteiger partial charge in [-0.2, -0.15) is 0 Å². The fourth-order valence-electron chi connectivity index (χ4n) is 3.35. The molecule has 2 N–H and O–H groups in total.